The van der Waals surface area contributed by atoms with Gasteiger partial charge in [0, 0.05) is 39.7 Å². The molecule has 0 saturated carbocycles. The summed E-state index contributed by atoms with van der Waals surface area (Å²) in [7, 11) is 5.06. The van der Waals surface area contributed by atoms with Crippen LogP contribution >= 0.6 is 24.0 Å². The Bertz CT molecular complexity index is 638. The van der Waals surface area contributed by atoms with Crippen LogP contribution in [0, 0.1) is 5.92 Å². The monoisotopic (exact) mass is 517 g/mol. The van der Waals surface area contributed by atoms with Crippen molar-refractivity contribution >= 4 is 29.9 Å². The van der Waals surface area contributed by atoms with Gasteiger partial charge in [0.15, 0.2) is 24.1 Å². The van der Waals surface area contributed by atoms with Gasteiger partial charge >= 0.3 is 6.18 Å². The first-order chi connectivity index (χ1) is 12.8. The number of alkyl halides is 3. The fourth-order valence-corrected chi connectivity index (χ4v) is 2.87. The van der Waals surface area contributed by atoms with E-state index in [1.54, 1.807) is 19.2 Å². The van der Waals surface area contributed by atoms with E-state index in [4.69, 9.17) is 14.2 Å². The second-order valence-electron chi connectivity index (χ2n) is 6.40. The fourth-order valence-electron chi connectivity index (χ4n) is 2.87. The number of methoxy groups -OCH3 is 1. The van der Waals surface area contributed by atoms with Crippen LogP contribution in [0.5, 0.6) is 11.5 Å². The van der Waals surface area contributed by atoms with Gasteiger partial charge in [-0.2, -0.15) is 13.2 Å². The Morgan fingerprint density at radius 2 is 2.11 bits per heavy atom. The van der Waals surface area contributed by atoms with Crippen molar-refractivity contribution in [2.24, 2.45) is 10.9 Å². The average molecular weight is 517 g/mol. The number of hydrogen-bond donors (Lipinski definition) is 1. The number of aliphatic imine (C=N–C) groups is 1. The molecule has 2 rings (SSSR count). The van der Waals surface area contributed by atoms with Crippen molar-refractivity contribution in [3.8, 4) is 11.5 Å². The van der Waals surface area contributed by atoms with Crippen LogP contribution < -0.4 is 14.8 Å². The predicted molar refractivity (Wildman–Crippen MR) is 112 cm³/mol. The van der Waals surface area contributed by atoms with Crippen LogP contribution in [0.2, 0.25) is 0 Å². The second-order valence-corrected chi connectivity index (χ2v) is 6.40. The molecule has 160 valence electrons. The van der Waals surface area contributed by atoms with E-state index in [-0.39, 0.29) is 35.5 Å². The van der Waals surface area contributed by atoms with Crippen LogP contribution in [0.1, 0.15) is 12.0 Å². The molecule has 1 aromatic carbocycles. The van der Waals surface area contributed by atoms with E-state index in [1.165, 1.54) is 13.2 Å². The minimum absolute atomic E-state index is 0. The molecule has 1 atom stereocenters. The number of halogens is 4. The molecule has 1 N–H and O–H groups in total. The molecule has 1 unspecified atom stereocenters. The molecule has 1 aliphatic heterocycles. The van der Waals surface area contributed by atoms with Gasteiger partial charge in [-0.1, -0.05) is 6.07 Å². The molecule has 0 bridgehead atoms. The molecule has 1 aliphatic rings. The summed E-state index contributed by atoms with van der Waals surface area (Å²) in [5.41, 5.74) is 0.838. The first-order valence-electron chi connectivity index (χ1n) is 8.68. The lowest BCUT2D eigenvalue weighted by Crippen LogP contribution is -2.41. The highest BCUT2D eigenvalue weighted by Crippen LogP contribution is 2.29. The lowest BCUT2D eigenvalue weighted by atomic mass is 10.1. The highest BCUT2D eigenvalue weighted by atomic mass is 127. The molecular formula is C18H27F3IN3O3. The molecule has 0 amide bonds. The molecule has 0 spiro atoms. The van der Waals surface area contributed by atoms with Crippen LogP contribution in [0.4, 0.5) is 13.2 Å². The molecule has 6 nitrogen and oxygen atoms in total. The number of ether oxygens (including phenoxy) is 3. The van der Waals surface area contributed by atoms with Crippen molar-refractivity contribution in [3.63, 3.8) is 0 Å². The molecule has 28 heavy (non-hydrogen) atoms. The quantitative estimate of drug-likeness (QED) is 0.342. The summed E-state index contributed by atoms with van der Waals surface area (Å²) >= 11 is 0. The molecule has 0 aliphatic carbocycles. The van der Waals surface area contributed by atoms with E-state index in [0.29, 0.717) is 12.5 Å². The first kappa shape index (κ1) is 24.6. The zero-order valence-electron chi connectivity index (χ0n) is 16.2. The summed E-state index contributed by atoms with van der Waals surface area (Å²) in [4.78, 5) is 6.31. The lowest BCUT2D eigenvalue weighted by molar-refractivity contribution is -0.153. The minimum Gasteiger partial charge on any atom is -0.493 e. The van der Waals surface area contributed by atoms with Gasteiger partial charge in [0.25, 0.3) is 0 Å². The zero-order valence-corrected chi connectivity index (χ0v) is 18.5. The van der Waals surface area contributed by atoms with Crippen molar-refractivity contribution in [1.29, 1.82) is 0 Å². The molecule has 0 radical (unpaired) electrons. The topological polar surface area (TPSA) is 55.3 Å². The summed E-state index contributed by atoms with van der Waals surface area (Å²) in [5.74, 6) is 1.53. The summed E-state index contributed by atoms with van der Waals surface area (Å²) in [6, 6.07) is 4.82. The Morgan fingerprint density at radius 3 is 2.68 bits per heavy atom. The summed E-state index contributed by atoms with van der Waals surface area (Å²) in [5, 5.41) is 3.25. The van der Waals surface area contributed by atoms with E-state index in [9.17, 15) is 13.2 Å². The maximum Gasteiger partial charge on any atom is 0.422 e. The zero-order chi connectivity index (χ0) is 19.9. The normalized spacial score (nSPS) is 17.1. The number of nitrogens with zero attached hydrogens (tertiary/aromatic N) is 2. The molecule has 1 fully saturated rings. The second kappa shape index (κ2) is 11.5. The Morgan fingerprint density at radius 1 is 1.36 bits per heavy atom. The third-order valence-corrected chi connectivity index (χ3v) is 4.20. The Hall–Kier alpha value is -1.43. The van der Waals surface area contributed by atoms with Crippen LogP contribution in [0.15, 0.2) is 23.2 Å². The molecule has 1 heterocycles. The van der Waals surface area contributed by atoms with Gasteiger partial charge < -0.3 is 24.4 Å². The van der Waals surface area contributed by atoms with Crippen molar-refractivity contribution in [2.45, 2.75) is 19.1 Å². The van der Waals surface area contributed by atoms with Gasteiger partial charge in [0.05, 0.1) is 13.7 Å². The van der Waals surface area contributed by atoms with E-state index < -0.39 is 12.8 Å². The summed E-state index contributed by atoms with van der Waals surface area (Å²) in [6.45, 7) is 1.50. The first-order valence-corrected chi connectivity index (χ1v) is 8.68. The largest absolute Gasteiger partial charge is 0.493 e. The van der Waals surface area contributed by atoms with Crippen LogP contribution in [-0.2, 0) is 11.3 Å². The van der Waals surface area contributed by atoms with Gasteiger partial charge in [0.2, 0.25) is 0 Å². The molecular weight excluding hydrogens is 490 g/mol. The number of hydrogen-bond acceptors (Lipinski definition) is 4. The van der Waals surface area contributed by atoms with Gasteiger partial charge in [-0.15, -0.1) is 24.0 Å². The van der Waals surface area contributed by atoms with E-state index in [0.717, 1.165) is 37.7 Å². The smallest absolute Gasteiger partial charge is 0.422 e. The van der Waals surface area contributed by atoms with Gasteiger partial charge in [-0.3, -0.25) is 4.99 Å². The maximum absolute atomic E-state index is 12.3. The summed E-state index contributed by atoms with van der Waals surface area (Å²) in [6.07, 6.45) is -3.36. The standard InChI is InChI=1S/C18H26F3N3O3.HI/c1-22-17(24(2)10-14-6-7-26-11-14)23-9-13-4-5-15(16(8-13)25-3)27-12-18(19,20)21;/h4-5,8,14H,6-7,9-12H2,1-3H3,(H,22,23);1H. The number of benzene rings is 1. The molecule has 1 aromatic rings. The van der Waals surface area contributed by atoms with Gasteiger partial charge in [-0.25, -0.2) is 0 Å². The third-order valence-electron chi connectivity index (χ3n) is 4.20. The molecule has 0 aromatic heterocycles. The predicted octanol–water partition coefficient (Wildman–Crippen LogP) is 3.30. The Kier molecular flexibility index (Phi) is 10.1. The SMILES string of the molecule is CN=C(NCc1ccc(OCC(F)(F)F)c(OC)c1)N(C)CC1CCOC1.I. The highest BCUT2D eigenvalue weighted by molar-refractivity contribution is 14.0. The Balaban J connectivity index is 0.00000392. The van der Waals surface area contributed by atoms with Gasteiger partial charge in [-0.05, 0) is 24.1 Å². The number of rotatable bonds is 7. The third kappa shape index (κ3) is 7.90. The number of nitrogens with one attached hydrogen (secondary N) is 1. The highest BCUT2D eigenvalue weighted by Gasteiger charge is 2.29. The molecule has 10 heteroatoms. The average Bonchev–Trinajstić information content (AvgIpc) is 3.13. The maximum atomic E-state index is 12.3. The van der Waals surface area contributed by atoms with Crippen molar-refractivity contribution in [1.82, 2.24) is 10.2 Å². The van der Waals surface area contributed by atoms with Crippen molar-refractivity contribution in [2.75, 3.05) is 47.6 Å². The lowest BCUT2D eigenvalue weighted by Gasteiger charge is -2.24. The van der Waals surface area contributed by atoms with E-state index >= 15 is 0 Å². The number of guanidine groups is 1. The van der Waals surface area contributed by atoms with Crippen LogP contribution in [0.3, 0.4) is 0 Å². The van der Waals surface area contributed by atoms with Crippen LogP contribution in [-0.4, -0.2) is 64.6 Å². The van der Waals surface area contributed by atoms with Gasteiger partial charge in [0.1, 0.15) is 0 Å². The molecule has 1 saturated heterocycles. The van der Waals surface area contributed by atoms with Crippen LogP contribution in [0.25, 0.3) is 0 Å². The van der Waals surface area contributed by atoms with Crippen molar-refractivity contribution < 1.29 is 27.4 Å². The minimum atomic E-state index is -4.40. The van der Waals surface area contributed by atoms with E-state index in [1.807, 2.05) is 11.9 Å². The summed E-state index contributed by atoms with van der Waals surface area (Å²) < 4.78 is 52.3. The van der Waals surface area contributed by atoms with Crippen molar-refractivity contribution in [3.05, 3.63) is 23.8 Å². The van der Waals surface area contributed by atoms with E-state index in [2.05, 4.69) is 10.3 Å². The Labute approximate surface area is 180 Å². The fraction of sp³-hybridized carbons (Fsp3) is 0.611.